The fourth-order valence-corrected chi connectivity index (χ4v) is 1.89. The molecule has 0 aliphatic carbocycles. The van der Waals surface area contributed by atoms with E-state index in [0.29, 0.717) is 6.54 Å². The van der Waals surface area contributed by atoms with Gasteiger partial charge >= 0.3 is 0 Å². The van der Waals surface area contributed by atoms with E-state index in [-0.39, 0.29) is 6.10 Å². The predicted octanol–water partition coefficient (Wildman–Crippen LogP) is 3.37. The number of rotatable bonds is 6. The van der Waals surface area contributed by atoms with E-state index in [4.69, 9.17) is 9.15 Å². The summed E-state index contributed by atoms with van der Waals surface area (Å²) in [5.74, 6) is 2.53. The Balaban J connectivity index is 1.82. The average molecular weight is 274 g/mol. The van der Waals surface area contributed by atoms with Crippen molar-refractivity contribution in [2.24, 2.45) is 0 Å². The first-order valence-electron chi connectivity index (χ1n) is 6.94. The second-order valence-corrected chi connectivity index (χ2v) is 5.16. The van der Waals surface area contributed by atoms with Crippen LogP contribution in [0.5, 0.6) is 5.75 Å². The van der Waals surface area contributed by atoms with Gasteiger partial charge in [0.1, 0.15) is 11.5 Å². The zero-order chi connectivity index (χ0) is 14.5. The zero-order valence-electron chi connectivity index (χ0n) is 12.6. The maximum Gasteiger partial charge on any atom is 0.208 e. The van der Waals surface area contributed by atoms with Gasteiger partial charge in [0.05, 0.1) is 18.3 Å². The third kappa shape index (κ3) is 4.10. The molecular formula is C16H22N2O2. The Kier molecular flexibility index (Phi) is 4.79. The molecule has 2 aromatic rings. The summed E-state index contributed by atoms with van der Waals surface area (Å²) in [4.78, 5) is 4.34. The molecule has 0 saturated carbocycles. The highest BCUT2D eigenvalue weighted by Gasteiger charge is 2.04. The number of ether oxygens (including phenoxy) is 1. The van der Waals surface area contributed by atoms with Crippen LogP contribution in [0.3, 0.4) is 0 Å². The summed E-state index contributed by atoms with van der Waals surface area (Å²) in [6, 6.07) is 8.13. The molecule has 0 spiro atoms. The van der Waals surface area contributed by atoms with E-state index in [1.54, 1.807) is 0 Å². The van der Waals surface area contributed by atoms with Crippen LogP contribution < -0.4 is 10.1 Å². The highest BCUT2D eigenvalue weighted by atomic mass is 16.5. The molecule has 1 N–H and O–H groups in total. The Morgan fingerprint density at radius 1 is 1.15 bits per heavy atom. The number of nitrogens with zero attached hydrogens (tertiary/aromatic N) is 1. The number of benzene rings is 1. The molecule has 0 aliphatic rings. The first kappa shape index (κ1) is 14.6. The quantitative estimate of drug-likeness (QED) is 0.877. The summed E-state index contributed by atoms with van der Waals surface area (Å²) in [7, 11) is 0. The molecule has 0 unspecified atom stereocenters. The van der Waals surface area contributed by atoms with E-state index in [0.717, 1.165) is 29.6 Å². The van der Waals surface area contributed by atoms with Gasteiger partial charge in [-0.05, 0) is 45.4 Å². The van der Waals surface area contributed by atoms with Crippen LogP contribution in [-0.4, -0.2) is 11.1 Å². The van der Waals surface area contributed by atoms with E-state index in [2.05, 4.69) is 22.4 Å². The van der Waals surface area contributed by atoms with E-state index in [9.17, 15) is 0 Å². The summed E-state index contributed by atoms with van der Waals surface area (Å²) in [5.41, 5.74) is 2.16. The second-order valence-electron chi connectivity index (χ2n) is 5.16. The molecule has 0 bridgehead atoms. The highest BCUT2D eigenvalue weighted by Crippen LogP contribution is 2.14. The van der Waals surface area contributed by atoms with Gasteiger partial charge in [-0.1, -0.05) is 12.1 Å². The van der Waals surface area contributed by atoms with Gasteiger partial charge in [-0.3, -0.25) is 0 Å². The third-order valence-electron chi connectivity index (χ3n) is 2.97. The largest absolute Gasteiger partial charge is 0.491 e. The molecule has 1 heterocycles. The van der Waals surface area contributed by atoms with Crippen LogP contribution in [0.2, 0.25) is 0 Å². The molecular weight excluding hydrogens is 252 g/mol. The van der Waals surface area contributed by atoms with Gasteiger partial charge in [0.25, 0.3) is 0 Å². The Labute approximate surface area is 120 Å². The first-order valence-corrected chi connectivity index (χ1v) is 6.94. The fourth-order valence-electron chi connectivity index (χ4n) is 1.89. The van der Waals surface area contributed by atoms with E-state index < -0.39 is 0 Å². The zero-order valence-corrected chi connectivity index (χ0v) is 12.6. The molecule has 2 rings (SSSR count). The van der Waals surface area contributed by atoms with Crippen molar-refractivity contribution in [2.45, 2.75) is 46.9 Å². The van der Waals surface area contributed by atoms with Crippen LogP contribution in [0.15, 0.2) is 28.7 Å². The van der Waals surface area contributed by atoms with Gasteiger partial charge in [0, 0.05) is 6.54 Å². The van der Waals surface area contributed by atoms with Crippen LogP contribution >= 0.6 is 0 Å². The van der Waals surface area contributed by atoms with Crippen molar-refractivity contribution in [1.82, 2.24) is 10.3 Å². The monoisotopic (exact) mass is 274 g/mol. The molecule has 20 heavy (non-hydrogen) atoms. The van der Waals surface area contributed by atoms with Crippen molar-refractivity contribution in [1.29, 1.82) is 0 Å². The lowest BCUT2D eigenvalue weighted by Gasteiger charge is -2.10. The number of hydrogen-bond acceptors (Lipinski definition) is 4. The van der Waals surface area contributed by atoms with Gasteiger partial charge in [-0.15, -0.1) is 0 Å². The summed E-state index contributed by atoms with van der Waals surface area (Å²) in [6.45, 7) is 9.35. The highest BCUT2D eigenvalue weighted by molar-refractivity contribution is 5.27. The van der Waals surface area contributed by atoms with E-state index in [1.807, 2.05) is 39.8 Å². The number of oxazole rings is 1. The second kappa shape index (κ2) is 6.57. The lowest BCUT2D eigenvalue weighted by Crippen LogP contribution is -2.13. The summed E-state index contributed by atoms with van der Waals surface area (Å²) in [6.07, 6.45) is 0.204. The fraction of sp³-hybridized carbons (Fsp3) is 0.438. The summed E-state index contributed by atoms with van der Waals surface area (Å²) >= 11 is 0. The molecule has 0 amide bonds. The minimum atomic E-state index is 0.204. The Morgan fingerprint density at radius 2 is 1.85 bits per heavy atom. The van der Waals surface area contributed by atoms with Crippen molar-refractivity contribution in [3.63, 3.8) is 0 Å². The Morgan fingerprint density at radius 3 is 2.40 bits per heavy atom. The molecule has 1 aromatic carbocycles. The van der Waals surface area contributed by atoms with Gasteiger partial charge in [0.15, 0.2) is 0 Å². The normalized spacial score (nSPS) is 11.1. The topological polar surface area (TPSA) is 47.3 Å². The van der Waals surface area contributed by atoms with E-state index in [1.165, 1.54) is 5.56 Å². The molecule has 108 valence electrons. The first-order chi connectivity index (χ1) is 9.54. The maximum absolute atomic E-state index is 5.61. The molecule has 0 radical (unpaired) electrons. The molecule has 4 nitrogen and oxygen atoms in total. The SMILES string of the molecule is Cc1nc(CNCc2ccc(OC(C)C)cc2)oc1C. The van der Waals surface area contributed by atoms with Gasteiger partial charge < -0.3 is 14.5 Å². The minimum Gasteiger partial charge on any atom is -0.491 e. The molecule has 4 heteroatoms. The van der Waals surface area contributed by atoms with Crippen molar-refractivity contribution in [3.05, 3.63) is 47.2 Å². The molecule has 0 atom stereocenters. The molecule has 1 aromatic heterocycles. The lowest BCUT2D eigenvalue weighted by molar-refractivity contribution is 0.242. The maximum atomic E-state index is 5.61. The predicted molar refractivity (Wildman–Crippen MR) is 78.7 cm³/mol. The van der Waals surface area contributed by atoms with Gasteiger partial charge in [0.2, 0.25) is 5.89 Å². The van der Waals surface area contributed by atoms with Crippen LogP contribution in [-0.2, 0) is 13.1 Å². The summed E-state index contributed by atoms with van der Waals surface area (Å²) < 4.78 is 11.1. The van der Waals surface area contributed by atoms with Crippen molar-refractivity contribution < 1.29 is 9.15 Å². The van der Waals surface area contributed by atoms with E-state index >= 15 is 0 Å². The molecule has 0 aliphatic heterocycles. The Bertz CT molecular complexity index is 525. The number of nitrogens with one attached hydrogen (secondary N) is 1. The van der Waals surface area contributed by atoms with Gasteiger partial charge in [-0.2, -0.15) is 0 Å². The standard InChI is InChI=1S/C16H22N2O2/c1-11(2)19-15-7-5-14(6-8-15)9-17-10-16-18-12(3)13(4)20-16/h5-8,11,17H,9-10H2,1-4H3. The lowest BCUT2D eigenvalue weighted by atomic mass is 10.2. The molecule has 0 saturated heterocycles. The van der Waals surface area contributed by atoms with Crippen molar-refractivity contribution in [3.8, 4) is 5.75 Å². The number of hydrogen-bond donors (Lipinski definition) is 1. The van der Waals surface area contributed by atoms with Crippen molar-refractivity contribution in [2.75, 3.05) is 0 Å². The van der Waals surface area contributed by atoms with Crippen LogP contribution in [0, 0.1) is 13.8 Å². The molecule has 0 fully saturated rings. The van der Waals surface area contributed by atoms with Crippen LogP contribution in [0.4, 0.5) is 0 Å². The summed E-state index contributed by atoms with van der Waals surface area (Å²) in [5, 5.41) is 3.32. The third-order valence-corrected chi connectivity index (χ3v) is 2.97. The minimum absolute atomic E-state index is 0.204. The Hall–Kier alpha value is -1.81. The number of aromatic nitrogens is 1. The average Bonchev–Trinajstić information content (AvgIpc) is 2.70. The van der Waals surface area contributed by atoms with Gasteiger partial charge in [-0.25, -0.2) is 4.98 Å². The smallest absolute Gasteiger partial charge is 0.208 e. The van der Waals surface area contributed by atoms with Crippen molar-refractivity contribution >= 4 is 0 Å². The van der Waals surface area contributed by atoms with Crippen LogP contribution in [0.25, 0.3) is 0 Å². The van der Waals surface area contributed by atoms with Crippen LogP contribution in [0.1, 0.15) is 36.8 Å². The number of aryl methyl sites for hydroxylation is 2.